The topological polar surface area (TPSA) is 169 Å². The standard InChI is InChI=1S/C25H36N6O6/c1-29(19-8-5-12-30(15-19)24(26)27)21(32)14-20(23(35)31(18-9-10-18)13-11-22(33)34)28-25(36)37-16-17-6-3-2-4-7-17/h2-4,6-7,18-20H,5,8-16H2,1H3,(H3,26,27)(H,28,36)(H,33,34)/t19-,20-/m0/s1. The number of rotatable bonds is 11. The van der Waals surface area contributed by atoms with Gasteiger partial charge in [-0.2, -0.15) is 0 Å². The zero-order valence-corrected chi connectivity index (χ0v) is 21.1. The van der Waals surface area contributed by atoms with Crippen LogP contribution >= 0.6 is 0 Å². The highest BCUT2D eigenvalue weighted by atomic mass is 16.5. The van der Waals surface area contributed by atoms with Crippen molar-refractivity contribution in [2.24, 2.45) is 5.73 Å². The van der Waals surface area contributed by atoms with Gasteiger partial charge in [0.1, 0.15) is 12.6 Å². The van der Waals surface area contributed by atoms with Crippen molar-refractivity contribution in [3.05, 3.63) is 35.9 Å². The lowest BCUT2D eigenvalue weighted by Crippen LogP contribution is -2.55. The summed E-state index contributed by atoms with van der Waals surface area (Å²) in [6.45, 7) is 1.05. The summed E-state index contributed by atoms with van der Waals surface area (Å²) in [5, 5.41) is 19.3. The second-order valence-electron chi connectivity index (χ2n) is 9.50. The molecular weight excluding hydrogens is 480 g/mol. The third-order valence-electron chi connectivity index (χ3n) is 6.70. The Labute approximate surface area is 216 Å². The molecule has 1 aromatic rings. The average molecular weight is 517 g/mol. The van der Waals surface area contributed by atoms with E-state index < -0.39 is 24.0 Å². The SMILES string of the molecule is CN(C(=O)C[C@H](NC(=O)OCc1ccccc1)C(=O)N(CCC(=O)O)C1CC1)[C@H]1CCCN(C(=N)N)C1. The fourth-order valence-electron chi connectivity index (χ4n) is 4.39. The molecule has 0 aromatic heterocycles. The predicted octanol–water partition coefficient (Wildman–Crippen LogP) is 0.953. The molecule has 12 nitrogen and oxygen atoms in total. The molecule has 12 heteroatoms. The Kier molecular flexibility index (Phi) is 9.70. The number of likely N-dealkylation sites (N-methyl/N-ethyl adjacent to an activating group) is 1. The maximum atomic E-state index is 13.5. The van der Waals surface area contributed by atoms with Crippen LogP contribution in [0.3, 0.4) is 0 Å². The smallest absolute Gasteiger partial charge is 0.408 e. The molecule has 0 unspecified atom stereocenters. The predicted molar refractivity (Wildman–Crippen MR) is 134 cm³/mol. The number of nitrogens with one attached hydrogen (secondary N) is 2. The number of hydrogen-bond donors (Lipinski definition) is 4. The van der Waals surface area contributed by atoms with Gasteiger partial charge in [-0.3, -0.25) is 19.8 Å². The van der Waals surface area contributed by atoms with E-state index in [1.807, 2.05) is 18.2 Å². The van der Waals surface area contributed by atoms with Crippen LogP contribution in [0.15, 0.2) is 30.3 Å². The van der Waals surface area contributed by atoms with E-state index in [1.165, 1.54) is 9.80 Å². The molecule has 2 aliphatic rings. The lowest BCUT2D eigenvalue weighted by Gasteiger charge is -2.38. The molecule has 2 fully saturated rings. The van der Waals surface area contributed by atoms with Gasteiger partial charge in [-0.15, -0.1) is 0 Å². The monoisotopic (exact) mass is 516 g/mol. The Balaban J connectivity index is 1.69. The van der Waals surface area contributed by atoms with Gasteiger partial charge in [0.15, 0.2) is 5.96 Å². The zero-order valence-electron chi connectivity index (χ0n) is 21.1. The van der Waals surface area contributed by atoms with Crippen molar-refractivity contribution >= 4 is 29.8 Å². The summed E-state index contributed by atoms with van der Waals surface area (Å²) in [5.74, 6) is -1.95. The second kappa shape index (κ2) is 12.9. The highest BCUT2D eigenvalue weighted by Crippen LogP contribution is 2.28. The molecule has 0 radical (unpaired) electrons. The molecule has 0 spiro atoms. The molecule has 1 saturated heterocycles. The van der Waals surface area contributed by atoms with Crippen LogP contribution in [0.25, 0.3) is 0 Å². The van der Waals surface area contributed by atoms with Gasteiger partial charge >= 0.3 is 12.1 Å². The maximum absolute atomic E-state index is 13.5. The number of carboxylic acids is 1. The first-order valence-electron chi connectivity index (χ1n) is 12.5. The summed E-state index contributed by atoms with van der Waals surface area (Å²) in [6, 6.07) is 7.54. The van der Waals surface area contributed by atoms with Crippen LogP contribution in [0.2, 0.25) is 0 Å². The molecule has 2 atom stereocenters. The van der Waals surface area contributed by atoms with E-state index in [0.29, 0.717) is 13.1 Å². The van der Waals surface area contributed by atoms with Crippen molar-refractivity contribution in [3.8, 4) is 0 Å². The number of likely N-dealkylation sites (tertiary alicyclic amines) is 1. The molecule has 0 bridgehead atoms. The molecule has 37 heavy (non-hydrogen) atoms. The third-order valence-corrected chi connectivity index (χ3v) is 6.70. The summed E-state index contributed by atoms with van der Waals surface area (Å²) in [4.78, 5) is 55.1. The Morgan fingerprint density at radius 2 is 1.89 bits per heavy atom. The van der Waals surface area contributed by atoms with E-state index in [4.69, 9.17) is 21.0 Å². The van der Waals surface area contributed by atoms with Crippen LogP contribution in [0.4, 0.5) is 4.79 Å². The average Bonchev–Trinajstić information content (AvgIpc) is 3.72. The summed E-state index contributed by atoms with van der Waals surface area (Å²) in [6.07, 6.45) is 1.60. The Morgan fingerprint density at radius 1 is 1.19 bits per heavy atom. The number of nitrogens with two attached hydrogens (primary N) is 1. The first-order valence-corrected chi connectivity index (χ1v) is 12.5. The van der Waals surface area contributed by atoms with E-state index in [9.17, 15) is 19.2 Å². The molecule has 1 aliphatic heterocycles. The minimum absolute atomic E-state index is 0.00367. The van der Waals surface area contributed by atoms with Crippen LogP contribution < -0.4 is 11.1 Å². The summed E-state index contributed by atoms with van der Waals surface area (Å²) >= 11 is 0. The third kappa shape index (κ3) is 8.36. The number of nitrogens with zero attached hydrogens (tertiary/aromatic N) is 3. The van der Waals surface area contributed by atoms with E-state index >= 15 is 0 Å². The molecule has 202 valence electrons. The molecule has 1 aromatic carbocycles. The Bertz CT molecular complexity index is 985. The second-order valence-corrected chi connectivity index (χ2v) is 9.50. The van der Waals surface area contributed by atoms with Gasteiger partial charge in [0.05, 0.1) is 12.8 Å². The van der Waals surface area contributed by atoms with Crippen molar-refractivity contribution in [2.45, 2.75) is 63.3 Å². The molecule has 3 amide bonds. The largest absolute Gasteiger partial charge is 0.481 e. The van der Waals surface area contributed by atoms with Crippen molar-refractivity contribution in [1.29, 1.82) is 5.41 Å². The first-order chi connectivity index (χ1) is 17.7. The number of hydrogen-bond acceptors (Lipinski definition) is 6. The summed E-state index contributed by atoms with van der Waals surface area (Å²) < 4.78 is 5.28. The van der Waals surface area contributed by atoms with Crippen LogP contribution in [0.1, 0.15) is 44.1 Å². The number of benzene rings is 1. The molecular formula is C25H36N6O6. The first kappa shape index (κ1) is 27.8. The Morgan fingerprint density at radius 3 is 2.51 bits per heavy atom. The minimum Gasteiger partial charge on any atom is -0.481 e. The lowest BCUT2D eigenvalue weighted by atomic mass is 10.0. The lowest BCUT2D eigenvalue weighted by molar-refractivity contribution is -0.142. The van der Waals surface area contributed by atoms with Gasteiger partial charge in [0, 0.05) is 38.8 Å². The van der Waals surface area contributed by atoms with Gasteiger partial charge in [-0.1, -0.05) is 30.3 Å². The Hall–Kier alpha value is -3.83. The van der Waals surface area contributed by atoms with Crippen LogP contribution in [0.5, 0.6) is 0 Å². The van der Waals surface area contributed by atoms with E-state index in [-0.39, 0.29) is 49.9 Å². The van der Waals surface area contributed by atoms with Gasteiger partial charge in [-0.05, 0) is 31.2 Å². The highest BCUT2D eigenvalue weighted by Gasteiger charge is 2.38. The number of ether oxygens (including phenoxy) is 1. The van der Waals surface area contributed by atoms with Crippen LogP contribution in [0, 0.1) is 5.41 Å². The normalized spacial score (nSPS) is 17.9. The number of piperidine rings is 1. The summed E-state index contributed by atoms with van der Waals surface area (Å²) in [7, 11) is 1.63. The quantitative estimate of drug-likeness (QED) is 0.249. The molecule has 5 N–H and O–H groups in total. The van der Waals surface area contributed by atoms with E-state index in [2.05, 4.69) is 5.32 Å². The van der Waals surface area contributed by atoms with Crippen molar-refractivity contribution < 1.29 is 29.0 Å². The number of guanidine groups is 1. The minimum atomic E-state index is -1.21. The fraction of sp³-hybridized carbons (Fsp3) is 0.560. The van der Waals surface area contributed by atoms with E-state index in [1.54, 1.807) is 24.1 Å². The number of aliphatic carboxylic acids is 1. The van der Waals surface area contributed by atoms with Crippen LogP contribution in [-0.4, -0.2) is 94.5 Å². The van der Waals surface area contributed by atoms with E-state index in [0.717, 1.165) is 31.2 Å². The van der Waals surface area contributed by atoms with Crippen molar-refractivity contribution in [2.75, 3.05) is 26.7 Å². The summed E-state index contributed by atoms with van der Waals surface area (Å²) in [5.41, 5.74) is 6.39. The number of carbonyl (C=O) groups excluding carboxylic acids is 3. The maximum Gasteiger partial charge on any atom is 0.408 e. The van der Waals surface area contributed by atoms with Gasteiger partial charge in [0.25, 0.3) is 0 Å². The molecule has 3 rings (SSSR count). The molecule has 1 saturated carbocycles. The number of amides is 3. The fourth-order valence-corrected chi connectivity index (χ4v) is 4.39. The zero-order chi connectivity index (χ0) is 26.9. The van der Waals surface area contributed by atoms with Gasteiger partial charge < -0.3 is 35.6 Å². The van der Waals surface area contributed by atoms with Crippen LogP contribution in [-0.2, 0) is 25.7 Å². The van der Waals surface area contributed by atoms with Gasteiger partial charge in [0.2, 0.25) is 11.8 Å². The van der Waals surface area contributed by atoms with Crippen molar-refractivity contribution in [3.63, 3.8) is 0 Å². The highest BCUT2D eigenvalue weighted by molar-refractivity contribution is 5.91. The van der Waals surface area contributed by atoms with Crippen molar-refractivity contribution in [1.82, 2.24) is 20.0 Å². The van der Waals surface area contributed by atoms with Gasteiger partial charge in [-0.25, -0.2) is 4.79 Å². The molecule has 1 aliphatic carbocycles. The number of alkyl carbamates (subject to hydrolysis) is 1. The molecule has 1 heterocycles. The number of carbonyl (C=O) groups is 4. The number of carboxylic acid groups (broad SMARTS) is 1.